The Morgan fingerprint density at radius 3 is 2.60 bits per heavy atom. The second kappa shape index (κ2) is 11.9. The lowest BCUT2D eigenvalue weighted by atomic mass is 9.89. The number of halogens is 7. The number of benzene rings is 2. The SMILES string of the molecule is C[C@H](c1cccnc1N)N1CCOc2c(C(F)(F)F)c(-c3ccc(F)c4sc(N)c(C#N)c34)c(F)c3nc(OC[C@@]45CCCN4C[C@@]4(CC4(F)F)C5)nc1c23. The highest BCUT2D eigenvalue weighted by Crippen LogP contribution is 2.69. The molecule has 6 heterocycles. The van der Waals surface area contributed by atoms with Crippen molar-refractivity contribution in [3.05, 3.63) is 58.8 Å². The Bertz CT molecular complexity index is 2490. The van der Waals surface area contributed by atoms with Gasteiger partial charge in [0.15, 0.2) is 5.82 Å². The molecule has 1 saturated carbocycles. The van der Waals surface area contributed by atoms with Crippen LogP contribution in [0.3, 0.4) is 0 Å². The fraction of sp³-hybridized carbons (Fsp3) is 0.405. The minimum Gasteiger partial charge on any atom is -0.490 e. The zero-order chi connectivity index (χ0) is 38.8. The Balaban J connectivity index is 1.29. The van der Waals surface area contributed by atoms with Crippen molar-refractivity contribution in [1.29, 1.82) is 5.26 Å². The van der Waals surface area contributed by atoms with Crippen LogP contribution < -0.4 is 25.8 Å². The second-order valence-corrected chi connectivity index (χ2v) is 15.8. The molecule has 3 aromatic heterocycles. The summed E-state index contributed by atoms with van der Waals surface area (Å²) in [4.78, 5) is 16.7. The summed E-state index contributed by atoms with van der Waals surface area (Å²) in [7, 11) is 0. The first kappa shape index (κ1) is 35.5. The molecule has 55 heavy (non-hydrogen) atoms. The van der Waals surface area contributed by atoms with Crippen LogP contribution in [-0.2, 0) is 6.18 Å². The summed E-state index contributed by atoms with van der Waals surface area (Å²) >= 11 is 0.650. The van der Waals surface area contributed by atoms with E-state index in [4.69, 9.17) is 20.9 Å². The summed E-state index contributed by atoms with van der Waals surface area (Å²) in [6.07, 6.45) is -2.52. The molecule has 9 rings (SSSR count). The molecule has 0 radical (unpaired) electrons. The first-order valence-corrected chi connectivity index (χ1v) is 18.3. The molecule has 18 heteroatoms. The molecule has 4 aliphatic rings. The molecule has 5 aromatic rings. The van der Waals surface area contributed by atoms with Crippen LogP contribution in [0.4, 0.5) is 47.4 Å². The van der Waals surface area contributed by atoms with Gasteiger partial charge in [0.1, 0.15) is 58.6 Å². The maximum atomic E-state index is 17.5. The van der Waals surface area contributed by atoms with Gasteiger partial charge in [0.25, 0.3) is 5.92 Å². The monoisotopic (exact) mass is 784 g/mol. The summed E-state index contributed by atoms with van der Waals surface area (Å²) in [6, 6.07) is 5.90. The van der Waals surface area contributed by atoms with E-state index in [0.717, 1.165) is 18.6 Å². The number of nitrogens with zero attached hydrogens (tertiary/aromatic N) is 6. The minimum absolute atomic E-state index is 0.0558. The summed E-state index contributed by atoms with van der Waals surface area (Å²) in [5.41, 5.74) is 6.89. The number of ether oxygens (including phenoxy) is 2. The molecule has 3 fully saturated rings. The molecule has 3 atom stereocenters. The number of anilines is 3. The van der Waals surface area contributed by atoms with Crippen LogP contribution in [0, 0.1) is 28.4 Å². The van der Waals surface area contributed by atoms with E-state index in [1.165, 1.54) is 6.20 Å². The average molecular weight is 785 g/mol. The van der Waals surface area contributed by atoms with Crippen LogP contribution in [0.1, 0.15) is 55.3 Å². The van der Waals surface area contributed by atoms with Gasteiger partial charge in [-0.25, -0.2) is 22.5 Å². The van der Waals surface area contributed by atoms with Gasteiger partial charge in [0.05, 0.1) is 39.2 Å². The van der Waals surface area contributed by atoms with E-state index in [1.54, 1.807) is 24.0 Å². The third-order valence-electron chi connectivity index (χ3n) is 11.7. The molecular weight excluding hydrogens is 754 g/mol. The number of aromatic nitrogens is 3. The van der Waals surface area contributed by atoms with Crippen molar-refractivity contribution in [2.24, 2.45) is 5.41 Å². The van der Waals surface area contributed by atoms with E-state index < -0.39 is 80.1 Å². The third-order valence-corrected chi connectivity index (χ3v) is 12.7. The molecule has 0 unspecified atom stereocenters. The molecule has 10 nitrogen and oxygen atoms in total. The van der Waals surface area contributed by atoms with Gasteiger partial charge in [-0.15, -0.1) is 11.3 Å². The van der Waals surface area contributed by atoms with Gasteiger partial charge >= 0.3 is 12.2 Å². The fourth-order valence-electron chi connectivity index (χ4n) is 9.04. The maximum Gasteiger partial charge on any atom is 0.420 e. The predicted octanol–water partition coefficient (Wildman–Crippen LogP) is 7.84. The van der Waals surface area contributed by atoms with E-state index in [-0.39, 0.29) is 71.4 Å². The lowest BCUT2D eigenvalue weighted by molar-refractivity contribution is -0.138. The van der Waals surface area contributed by atoms with Crippen molar-refractivity contribution in [1.82, 2.24) is 19.9 Å². The molecule has 3 aliphatic heterocycles. The minimum atomic E-state index is -5.26. The molecule has 1 spiro atoms. The summed E-state index contributed by atoms with van der Waals surface area (Å²) < 4.78 is 120. The molecule has 0 amide bonds. The van der Waals surface area contributed by atoms with Crippen LogP contribution in [0.2, 0.25) is 0 Å². The number of nitrogens with two attached hydrogens (primary N) is 2. The Morgan fingerprint density at radius 2 is 1.89 bits per heavy atom. The summed E-state index contributed by atoms with van der Waals surface area (Å²) in [5, 5.41) is 9.08. The lowest BCUT2D eigenvalue weighted by Gasteiger charge is -2.32. The Hall–Kier alpha value is -5.15. The van der Waals surface area contributed by atoms with Crippen molar-refractivity contribution < 1.29 is 40.2 Å². The number of alkyl halides is 5. The highest BCUT2D eigenvalue weighted by atomic mass is 32.1. The highest BCUT2D eigenvalue weighted by molar-refractivity contribution is 7.23. The van der Waals surface area contributed by atoms with Gasteiger partial charge in [0.2, 0.25) is 0 Å². The smallest absolute Gasteiger partial charge is 0.420 e. The van der Waals surface area contributed by atoms with E-state index in [0.29, 0.717) is 29.9 Å². The van der Waals surface area contributed by atoms with Crippen LogP contribution in [0.5, 0.6) is 11.8 Å². The zero-order valence-corrected chi connectivity index (χ0v) is 29.9. The number of pyridine rings is 1. The van der Waals surface area contributed by atoms with Gasteiger partial charge in [-0.1, -0.05) is 12.1 Å². The van der Waals surface area contributed by atoms with Gasteiger partial charge in [0, 0.05) is 35.7 Å². The fourth-order valence-corrected chi connectivity index (χ4v) is 9.99. The maximum absolute atomic E-state index is 17.5. The topological polar surface area (TPSA) is 139 Å². The molecule has 1 aliphatic carbocycles. The van der Waals surface area contributed by atoms with Crippen molar-refractivity contribution in [3.63, 3.8) is 0 Å². The number of hydrogen-bond donors (Lipinski definition) is 2. The first-order valence-electron chi connectivity index (χ1n) is 17.5. The normalized spacial score (nSPS) is 23.5. The zero-order valence-electron chi connectivity index (χ0n) is 29.0. The number of nitriles is 1. The Morgan fingerprint density at radius 1 is 1.11 bits per heavy atom. The highest BCUT2D eigenvalue weighted by Gasteiger charge is 2.77. The van der Waals surface area contributed by atoms with E-state index in [9.17, 15) is 14.0 Å². The van der Waals surface area contributed by atoms with Crippen molar-refractivity contribution >= 4 is 49.0 Å². The van der Waals surface area contributed by atoms with Crippen LogP contribution in [0.15, 0.2) is 30.5 Å². The predicted molar refractivity (Wildman–Crippen MR) is 190 cm³/mol. The van der Waals surface area contributed by atoms with Crippen molar-refractivity contribution in [2.75, 3.05) is 49.2 Å². The molecule has 0 bridgehead atoms. The Labute approximate surface area is 312 Å². The summed E-state index contributed by atoms with van der Waals surface area (Å²) in [6.45, 7) is 2.00. The number of thiophene rings is 1. The van der Waals surface area contributed by atoms with Crippen molar-refractivity contribution in [2.45, 2.75) is 56.3 Å². The van der Waals surface area contributed by atoms with Gasteiger partial charge in [-0.05, 0) is 50.4 Å². The number of hydrogen-bond acceptors (Lipinski definition) is 11. The average Bonchev–Trinajstić information content (AvgIpc) is 3.37. The summed E-state index contributed by atoms with van der Waals surface area (Å²) in [5.74, 6) is -5.90. The largest absolute Gasteiger partial charge is 0.490 e. The van der Waals surface area contributed by atoms with E-state index in [2.05, 4.69) is 15.0 Å². The molecular formula is C37H31F7N8O2S. The van der Waals surface area contributed by atoms with Crippen LogP contribution in [0.25, 0.3) is 32.1 Å². The van der Waals surface area contributed by atoms with E-state index >= 15 is 22.0 Å². The third kappa shape index (κ3) is 5.18. The van der Waals surface area contributed by atoms with Gasteiger partial charge in [-0.3, -0.25) is 4.90 Å². The number of fused-ring (bicyclic) bond motifs is 2. The lowest BCUT2D eigenvalue weighted by Crippen LogP contribution is -2.43. The molecule has 4 N–H and O–H groups in total. The standard InChI is InChI=1S/C37H31F7N8O2S/c1-17(18-4-2-8-48-30(18)46)52-10-11-53-28-24-27(49-33(50-32(24)52)54-16-35-7-3-9-51(35)15-34(13-35)14-36(34,40)41)26(39)23(25(28)37(42,43)44)19-5-6-21(38)29-22(19)20(12-45)31(47)55-29/h2,4-6,8,17H,3,7,9-11,13-16,47H2,1H3,(H2,46,48)/t17-,34+,35+/m1/s1. The van der Waals surface area contributed by atoms with Crippen molar-refractivity contribution in [3.8, 4) is 29.0 Å². The second-order valence-electron chi connectivity index (χ2n) is 14.8. The molecule has 2 aromatic carbocycles. The van der Waals surface area contributed by atoms with E-state index in [1.807, 2.05) is 11.0 Å². The van der Waals surface area contributed by atoms with Crippen LogP contribution >= 0.6 is 11.3 Å². The molecule has 286 valence electrons. The van der Waals surface area contributed by atoms with Gasteiger partial charge in [-0.2, -0.15) is 28.4 Å². The quantitative estimate of drug-likeness (QED) is 0.164. The Kier molecular flexibility index (Phi) is 7.71. The first-order chi connectivity index (χ1) is 26.1. The number of rotatable bonds is 6. The van der Waals surface area contributed by atoms with Gasteiger partial charge < -0.3 is 25.8 Å². The van der Waals surface area contributed by atoms with Crippen LogP contribution in [-0.4, -0.2) is 64.2 Å². The molecule has 2 saturated heterocycles. The number of nitrogen functional groups attached to an aromatic ring is 2.